The van der Waals surface area contributed by atoms with Gasteiger partial charge >= 0.3 is 0 Å². The molecule has 0 aromatic heterocycles. The maximum atomic E-state index is 2.73. The fourth-order valence-corrected chi connectivity index (χ4v) is 3.20. The maximum Gasteiger partial charge on any atom is 0.00388 e. The van der Waals surface area contributed by atoms with Crippen LogP contribution in [0.4, 0.5) is 0 Å². The Kier molecular flexibility index (Phi) is 3.48. The zero-order valence-corrected chi connectivity index (χ0v) is 9.84. The lowest BCUT2D eigenvalue weighted by Gasteiger charge is -2.39. The van der Waals surface area contributed by atoms with Crippen molar-refractivity contribution in [3.05, 3.63) is 0 Å². The Bertz CT molecular complexity index is 152. The van der Waals surface area contributed by atoms with Gasteiger partial charge in [0.15, 0.2) is 0 Å². The Balaban J connectivity index is 2.03. The highest BCUT2D eigenvalue weighted by Gasteiger charge is 2.26. The van der Waals surface area contributed by atoms with E-state index in [1.807, 2.05) is 0 Å². The molecule has 1 heteroatoms. The Hall–Kier alpha value is -0.0400. The fourth-order valence-electron chi connectivity index (χ4n) is 3.20. The van der Waals surface area contributed by atoms with Crippen molar-refractivity contribution < 1.29 is 0 Å². The standard InChI is InChI=1S/C13H25N/c1-11(2)14-9-12-5-3-6-13(10-14)8-4-7-12/h11-13H,3-10H2,1-2H3. The van der Waals surface area contributed by atoms with Gasteiger partial charge in [0.2, 0.25) is 0 Å². The molecule has 0 unspecified atom stereocenters. The van der Waals surface area contributed by atoms with Crippen molar-refractivity contribution in [2.45, 2.75) is 58.4 Å². The summed E-state index contributed by atoms with van der Waals surface area (Å²) in [6.07, 6.45) is 9.00. The van der Waals surface area contributed by atoms with Crippen molar-refractivity contribution in [2.75, 3.05) is 13.1 Å². The molecule has 14 heavy (non-hydrogen) atoms. The van der Waals surface area contributed by atoms with Crippen LogP contribution in [0.1, 0.15) is 52.4 Å². The summed E-state index contributed by atoms with van der Waals surface area (Å²) in [5, 5.41) is 0. The van der Waals surface area contributed by atoms with Crippen LogP contribution in [-0.2, 0) is 0 Å². The van der Waals surface area contributed by atoms with E-state index in [4.69, 9.17) is 0 Å². The first kappa shape index (κ1) is 10.5. The van der Waals surface area contributed by atoms with Gasteiger partial charge in [0, 0.05) is 19.1 Å². The first-order chi connectivity index (χ1) is 6.75. The predicted molar refractivity (Wildman–Crippen MR) is 61.4 cm³/mol. The van der Waals surface area contributed by atoms with Gasteiger partial charge in [-0.3, -0.25) is 0 Å². The zero-order valence-electron chi connectivity index (χ0n) is 9.84. The second kappa shape index (κ2) is 4.65. The van der Waals surface area contributed by atoms with Crippen LogP contribution in [-0.4, -0.2) is 24.0 Å². The molecule has 2 bridgehead atoms. The van der Waals surface area contributed by atoms with Gasteiger partial charge < -0.3 is 4.90 Å². The molecule has 2 heterocycles. The molecule has 0 radical (unpaired) electrons. The van der Waals surface area contributed by atoms with Gasteiger partial charge in [-0.2, -0.15) is 0 Å². The summed E-state index contributed by atoms with van der Waals surface area (Å²) in [6.45, 7) is 7.48. The van der Waals surface area contributed by atoms with Crippen molar-refractivity contribution in [1.29, 1.82) is 0 Å². The van der Waals surface area contributed by atoms with Crippen LogP contribution in [0.2, 0.25) is 0 Å². The second-order valence-corrected chi connectivity index (χ2v) is 5.64. The molecule has 0 aromatic rings. The minimum Gasteiger partial charge on any atom is -0.300 e. The van der Waals surface area contributed by atoms with Crippen LogP contribution in [0.5, 0.6) is 0 Å². The van der Waals surface area contributed by atoms with Crippen molar-refractivity contribution in [3.8, 4) is 0 Å². The third-order valence-corrected chi connectivity index (χ3v) is 4.17. The highest BCUT2D eigenvalue weighted by molar-refractivity contribution is 4.79. The minimum atomic E-state index is 0.760. The summed E-state index contributed by atoms with van der Waals surface area (Å²) >= 11 is 0. The van der Waals surface area contributed by atoms with Crippen LogP contribution in [0.25, 0.3) is 0 Å². The van der Waals surface area contributed by atoms with Gasteiger partial charge in [0.05, 0.1) is 0 Å². The smallest absolute Gasteiger partial charge is 0.00388 e. The average molecular weight is 195 g/mol. The average Bonchev–Trinajstić information content (AvgIpc) is 1.98. The summed E-state index contributed by atoms with van der Waals surface area (Å²) in [7, 11) is 0. The number of hydrogen-bond acceptors (Lipinski definition) is 1. The summed E-state index contributed by atoms with van der Waals surface area (Å²) in [4.78, 5) is 2.73. The predicted octanol–water partition coefficient (Wildman–Crippen LogP) is 3.30. The lowest BCUT2D eigenvalue weighted by molar-refractivity contribution is 0.105. The summed E-state index contributed by atoms with van der Waals surface area (Å²) in [5.41, 5.74) is 0. The van der Waals surface area contributed by atoms with E-state index in [9.17, 15) is 0 Å². The quantitative estimate of drug-likeness (QED) is 0.620. The molecule has 0 aromatic carbocycles. The molecule has 1 nitrogen and oxygen atoms in total. The Labute approximate surface area is 88.9 Å². The van der Waals surface area contributed by atoms with Gasteiger partial charge in [-0.05, 0) is 51.4 Å². The fraction of sp³-hybridized carbons (Fsp3) is 1.00. The normalized spacial score (nSPS) is 35.4. The first-order valence-electron chi connectivity index (χ1n) is 6.49. The van der Waals surface area contributed by atoms with Crippen molar-refractivity contribution in [2.24, 2.45) is 11.8 Å². The van der Waals surface area contributed by atoms with E-state index >= 15 is 0 Å². The minimum absolute atomic E-state index is 0.760. The van der Waals surface area contributed by atoms with E-state index in [1.165, 1.54) is 51.6 Å². The highest BCUT2D eigenvalue weighted by Crippen LogP contribution is 2.31. The third-order valence-electron chi connectivity index (χ3n) is 4.17. The SMILES string of the molecule is CC(C)N1CC2CCCC(CCC2)C1. The van der Waals surface area contributed by atoms with Gasteiger partial charge in [-0.1, -0.05) is 12.8 Å². The van der Waals surface area contributed by atoms with E-state index in [-0.39, 0.29) is 0 Å². The van der Waals surface area contributed by atoms with Crippen LogP contribution >= 0.6 is 0 Å². The van der Waals surface area contributed by atoms with E-state index in [0.29, 0.717) is 0 Å². The molecule has 0 amide bonds. The lowest BCUT2D eigenvalue weighted by Crippen LogP contribution is -2.41. The molecular formula is C13H25N. The van der Waals surface area contributed by atoms with E-state index < -0.39 is 0 Å². The molecule has 0 N–H and O–H groups in total. The molecule has 3 aliphatic rings. The van der Waals surface area contributed by atoms with E-state index in [2.05, 4.69) is 18.7 Å². The molecule has 0 spiro atoms. The van der Waals surface area contributed by atoms with E-state index in [0.717, 1.165) is 17.9 Å². The number of nitrogens with zero attached hydrogens (tertiary/aromatic N) is 1. The molecule has 2 aliphatic heterocycles. The number of rotatable bonds is 1. The number of hydrogen-bond donors (Lipinski definition) is 0. The molecule has 0 atom stereocenters. The van der Waals surface area contributed by atoms with Gasteiger partial charge in [-0.25, -0.2) is 0 Å². The zero-order chi connectivity index (χ0) is 9.97. The molecule has 3 fully saturated rings. The molecule has 82 valence electrons. The Morgan fingerprint density at radius 2 is 1.29 bits per heavy atom. The monoisotopic (exact) mass is 195 g/mol. The van der Waals surface area contributed by atoms with Gasteiger partial charge in [0.1, 0.15) is 0 Å². The third kappa shape index (κ3) is 2.50. The van der Waals surface area contributed by atoms with Crippen molar-refractivity contribution in [1.82, 2.24) is 4.90 Å². The Morgan fingerprint density at radius 1 is 0.857 bits per heavy atom. The van der Waals surface area contributed by atoms with E-state index in [1.54, 1.807) is 0 Å². The highest BCUT2D eigenvalue weighted by atomic mass is 15.1. The summed E-state index contributed by atoms with van der Waals surface area (Å²) in [6, 6.07) is 0.760. The van der Waals surface area contributed by atoms with Crippen molar-refractivity contribution in [3.63, 3.8) is 0 Å². The summed E-state index contributed by atoms with van der Waals surface area (Å²) in [5.74, 6) is 2.03. The molecule has 3 rings (SSSR count). The van der Waals surface area contributed by atoms with Crippen LogP contribution in [0.3, 0.4) is 0 Å². The van der Waals surface area contributed by atoms with Crippen LogP contribution in [0, 0.1) is 11.8 Å². The molecular weight excluding hydrogens is 170 g/mol. The topological polar surface area (TPSA) is 3.24 Å². The van der Waals surface area contributed by atoms with Crippen molar-refractivity contribution >= 4 is 0 Å². The number of fused-ring (bicyclic) bond motifs is 6. The van der Waals surface area contributed by atoms with Crippen LogP contribution < -0.4 is 0 Å². The maximum absolute atomic E-state index is 2.73. The molecule has 1 saturated carbocycles. The lowest BCUT2D eigenvalue weighted by atomic mass is 9.82. The van der Waals surface area contributed by atoms with Crippen LogP contribution in [0.15, 0.2) is 0 Å². The molecule has 2 saturated heterocycles. The van der Waals surface area contributed by atoms with Gasteiger partial charge in [-0.15, -0.1) is 0 Å². The van der Waals surface area contributed by atoms with Gasteiger partial charge in [0.25, 0.3) is 0 Å². The second-order valence-electron chi connectivity index (χ2n) is 5.64. The molecule has 1 aliphatic carbocycles. The largest absolute Gasteiger partial charge is 0.300 e. The first-order valence-corrected chi connectivity index (χ1v) is 6.49. The summed E-state index contributed by atoms with van der Waals surface area (Å²) < 4.78 is 0. The Morgan fingerprint density at radius 3 is 1.64 bits per heavy atom.